The molecule has 22 N–H and O–H groups in total. The molecule has 0 aliphatic heterocycles. The molecule has 5 aromatic heterocycles. The second kappa shape index (κ2) is 34.3. The summed E-state index contributed by atoms with van der Waals surface area (Å²) in [6, 6.07) is 26.2. The number of carbonyl (C=O) groups is 12. The zero-order chi connectivity index (χ0) is 76.7. The van der Waals surface area contributed by atoms with E-state index in [1.54, 1.807) is 110 Å². The van der Waals surface area contributed by atoms with Crippen molar-refractivity contribution in [1.82, 2.24) is 67.5 Å². The highest BCUT2D eigenvalue weighted by Crippen LogP contribution is 2.26. The van der Waals surface area contributed by atoms with Gasteiger partial charge in [-0.1, -0.05) is 103 Å². The number of nitrogens with one attached hydrogen (secondary N) is 13. The lowest BCUT2D eigenvalue weighted by Gasteiger charge is -2.28. The van der Waals surface area contributed by atoms with E-state index in [1.165, 1.54) is 24.3 Å². The van der Waals surface area contributed by atoms with Crippen LogP contribution in [0, 0.1) is 0 Å². The third kappa shape index (κ3) is 19.0. The number of fused-ring (bicyclic) bond motifs is 5. The number of nitrogens with two attached hydrogens (primary N) is 3. The standard InChI is InChI=1S/C77H80N16O15/c78-52(28-41-35-81-53-16-6-1-11-47(41)53)69(99)87-60(29-42-36-82-54-17-7-2-12-48(42)54)73(103)88-59(27-40-21-23-46(94)24-22-40)71(101)91-63(33-67(80)96)75(105)90-62(31-44-38-84-56-19-9-4-14-50(44)56)74(104)89-61(30-43-37-83-55-18-8-3-13-49(43)55)72(102)86-58(25-26-66(79)95)70(100)92-64(34-68(97)98)76(106)93-65(77(107)108)32-45-39-85-57-20-10-5-15-51(45)57/h1-24,35-39,52,58-65,81-85,94H,25-34,78H2,(H2,79,95)(H2,80,96)(H,86,102)(H,87,99)(H,88,103)(H,89,104)(H,90,105)(H,91,101)(H,92,100)(H,93,106)(H,97,98)(H,107,108)/t52-,58-,59-,60-,61-,62-,63-,64-,65-/m0/s1. The van der Waals surface area contributed by atoms with Crippen LogP contribution in [0.3, 0.4) is 0 Å². The molecule has 0 fully saturated rings. The van der Waals surface area contributed by atoms with E-state index in [-0.39, 0.29) is 44.3 Å². The van der Waals surface area contributed by atoms with Crippen molar-refractivity contribution in [2.75, 3.05) is 0 Å². The Morgan fingerprint density at radius 1 is 0.324 bits per heavy atom. The van der Waals surface area contributed by atoms with Gasteiger partial charge >= 0.3 is 11.9 Å². The van der Waals surface area contributed by atoms with Crippen molar-refractivity contribution in [3.63, 3.8) is 0 Å². The molecule has 31 heteroatoms. The molecule has 31 nitrogen and oxygen atoms in total. The zero-order valence-electron chi connectivity index (χ0n) is 58.0. The number of rotatable bonds is 36. The number of hydrogen-bond acceptors (Lipinski definition) is 14. The largest absolute Gasteiger partial charge is 0.508 e. The average molecular weight is 1470 g/mol. The van der Waals surface area contributed by atoms with Crippen molar-refractivity contribution in [2.45, 2.75) is 119 Å². The minimum atomic E-state index is -1.98. The summed E-state index contributed by atoms with van der Waals surface area (Å²) >= 11 is 0. The Hall–Kier alpha value is -13.6. The molecule has 0 saturated carbocycles. The van der Waals surface area contributed by atoms with Gasteiger partial charge in [-0.05, 0) is 88.7 Å². The molecule has 0 aliphatic carbocycles. The number of carboxylic acids is 2. The minimum absolute atomic E-state index is 0.0664. The summed E-state index contributed by atoms with van der Waals surface area (Å²) in [7, 11) is 0. The SMILES string of the molecule is NC(=O)CC[C@H](NC(=O)[C@H](Cc1c[nH]c2ccccc12)NC(=O)[C@H](Cc1c[nH]c2ccccc12)NC(=O)[C@H](CC(N)=O)NC(=O)[C@H](Cc1ccc(O)cc1)NC(=O)[C@H](Cc1c[nH]c2ccccc12)NC(=O)[C@@H](N)Cc1c[nH]c2ccccc12)C(=O)N[C@@H](CC(=O)O)C(=O)N[C@@H](Cc1c[nH]c2ccccc12)C(=O)O. The molecule has 0 saturated heterocycles. The Labute approximate surface area is 614 Å². The molecule has 11 rings (SSSR count). The zero-order valence-corrected chi connectivity index (χ0v) is 58.0. The lowest BCUT2D eigenvalue weighted by atomic mass is 10.00. The topological polar surface area (TPSA) is 519 Å². The number of carboxylic acid groups (broad SMARTS) is 2. The molecular formula is C77H80N16O15. The Kier molecular flexibility index (Phi) is 24.0. The number of benzene rings is 6. The Balaban J connectivity index is 0.866. The average Bonchev–Trinajstić information content (AvgIpc) is 1.66. The third-order valence-electron chi connectivity index (χ3n) is 18.7. The van der Waals surface area contributed by atoms with Crippen molar-refractivity contribution < 1.29 is 72.9 Å². The van der Waals surface area contributed by atoms with Gasteiger partial charge in [-0.3, -0.25) is 52.7 Å². The Bertz CT molecular complexity index is 5190. The molecule has 0 radical (unpaired) electrons. The van der Waals surface area contributed by atoms with Crippen LogP contribution in [-0.4, -0.2) is 166 Å². The van der Waals surface area contributed by atoms with E-state index in [4.69, 9.17) is 17.2 Å². The van der Waals surface area contributed by atoms with Crippen LogP contribution in [0.25, 0.3) is 54.5 Å². The van der Waals surface area contributed by atoms with Crippen LogP contribution in [0.1, 0.15) is 59.1 Å². The van der Waals surface area contributed by atoms with Crippen molar-refractivity contribution >= 4 is 126 Å². The molecule has 9 atom stereocenters. The molecule has 0 spiro atoms. The first-order valence-electron chi connectivity index (χ1n) is 34.6. The van der Waals surface area contributed by atoms with E-state index in [0.29, 0.717) is 60.5 Å². The van der Waals surface area contributed by atoms with Crippen LogP contribution in [0.5, 0.6) is 5.75 Å². The summed E-state index contributed by atoms with van der Waals surface area (Å²) in [5.41, 5.74) is 24.5. The smallest absolute Gasteiger partial charge is 0.326 e. The molecule has 10 amide bonds. The van der Waals surface area contributed by atoms with Gasteiger partial charge in [0.25, 0.3) is 0 Å². The van der Waals surface area contributed by atoms with E-state index in [0.717, 1.165) is 27.4 Å². The molecule has 0 unspecified atom stereocenters. The summed E-state index contributed by atoms with van der Waals surface area (Å²) < 4.78 is 0. The van der Waals surface area contributed by atoms with E-state index < -0.39 is 151 Å². The van der Waals surface area contributed by atoms with Crippen LogP contribution in [0.2, 0.25) is 0 Å². The highest BCUT2D eigenvalue weighted by Gasteiger charge is 2.38. The van der Waals surface area contributed by atoms with Gasteiger partial charge in [0.15, 0.2) is 0 Å². The maximum absolute atomic E-state index is 15.4. The number of phenolic OH excluding ortho intramolecular Hbond substituents is 1. The van der Waals surface area contributed by atoms with Crippen molar-refractivity contribution in [3.8, 4) is 5.75 Å². The maximum atomic E-state index is 15.4. The molecule has 6 aromatic carbocycles. The third-order valence-corrected chi connectivity index (χ3v) is 18.7. The first-order valence-corrected chi connectivity index (χ1v) is 34.6. The van der Waals surface area contributed by atoms with Crippen LogP contribution in [-0.2, 0) is 96.1 Å². The Morgan fingerprint density at radius 2 is 0.611 bits per heavy atom. The van der Waals surface area contributed by atoms with Gasteiger partial charge in [0.1, 0.15) is 54.1 Å². The van der Waals surface area contributed by atoms with Gasteiger partial charge in [0.2, 0.25) is 59.1 Å². The van der Waals surface area contributed by atoms with Gasteiger partial charge in [-0.15, -0.1) is 0 Å². The number of aromatic nitrogens is 5. The van der Waals surface area contributed by atoms with E-state index >= 15 is 24.0 Å². The van der Waals surface area contributed by atoms with Crippen LogP contribution < -0.4 is 59.7 Å². The van der Waals surface area contributed by atoms with Crippen LogP contribution in [0.4, 0.5) is 0 Å². The van der Waals surface area contributed by atoms with Gasteiger partial charge in [-0.2, -0.15) is 0 Å². The second-order valence-electron chi connectivity index (χ2n) is 26.4. The summed E-state index contributed by atoms with van der Waals surface area (Å²) in [6.45, 7) is 0. The van der Waals surface area contributed by atoms with Gasteiger partial charge in [0.05, 0.1) is 18.9 Å². The highest BCUT2D eigenvalue weighted by atomic mass is 16.4. The first kappa shape index (κ1) is 75.6. The summed E-state index contributed by atoms with van der Waals surface area (Å²) in [4.78, 5) is 185. The van der Waals surface area contributed by atoms with Gasteiger partial charge in [0, 0.05) is 124 Å². The lowest BCUT2D eigenvalue weighted by Crippen LogP contribution is -2.61. The van der Waals surface area contributed by atoms with Crippen molar-refractivity contribution in [3.05, 3.63) is 210 Å². The number of aliphatic carboxylic acids is 2. The molecule has 108 heavy (non-hydrogen) atoms. The first-order chi connectivity index (χ1) is 51.9. The predicted octanol–water partition coefficient (Wildman–Crippen LogP) is 2.46. The molecule has 558 valence electrons. The summed E-state index contributed by atoms with van der Waals surface area (Å²) in [6.07, 6.45) is 3.65. The maximum Gasteiger partial charge on any atom is 0.326 e. The Morgan fingerprint density at radius 3 is 0.963 bits per heavy atom. The molecule has 0 bridgehead atoms. The lowest BCUT2D eigenvalue weighted by molar-refractivity contribution is -0.143. The van der Waals surface area contributed by atoms with Gasteiger partial charge < -0.3 is 100.0 Å². The van der Waals surface area contributed by atoms with E-state index in [2.05, 4.69) is 67.5 Å². The highest BCUT2D eigenvalue weighted by molar-refractivity contribution is 6.01. The number of H-pyrrole nitrogens is 5. The van der Waals surface area contributed by atoms with Crippen molar-refractivity contribution in [2.24, 2.45) is 17.2 Å². The fraction of sp³-hybridized carbons (Fsp3) is 0.247. The number of primary amides is 2. The van der Waals surface area contributed by atoms with Gasteiger partial charge in [-0.25, -0.2) is 4.79 Å². The number of aromatic amines is 5. The van der Waals surface area contributed by atoms with Crippen LogP contribution >= 0.6 is 0 Å². The number of amides is 10. The quantitative estimate of drug-likeness (QED) is 0.0268. The number of phenols is 1. The minimum Gasteiger partial charge on any atom is -0.508 e. The van der Waals surface area contributed by atoms with Crippen molar-refractivity contribution in [1.29, 1.82) is 0 Å². The number of aromatic hydroxyl groups is 1. The number of para-hydroxylation sites is 5. The number of carbonyl (C=O) groups excluding carboxylic acids is 10. The summed E-state index contributed by atoms with van der Waals surface area (Å²) in [5, 5.41) is 54.5. The molecule has 11 aromatic rings. The van der Waals surface area contributed by atoms with E-state index in [9.17, 15) is 48.9 Å². The van der Waals surface area contributed by atoms with E-state index in [1.807, 2.05) is 42.5 Å². The predicted molar refractivity (Wildman–Crippen MR) is 397 cm³/mol. The normalized spacial score (nSPS) is 13.9. The number of hydrogen-bond donors (Lipinski definition) is 19. The fourth-order valence-electron chi connectivity index (χ4n) is 13.2. The monoisotopic (exact) mass is 1470 g/mol. The second-order valence-corrected chi connectivity index (χ2v) is 26.4. The molecule has 5 heterocycles. The molecule has 0 aliphatic rings. The van der Waals surface area contributed by atoms with Crippen LogP contribution in [0.15, 0.2) is 177 Å². The fourth-order valence-corrected chi connectivity index (χ4v) is 13.2. The summed E-state index contributed by atoms with van der Waals surface area (Å²) in [5.74, 6) is -13.7. The molecular weight excluding hydrogens is 1390 g/mol.